The Balaban J connectivity index is 2.24. The van der Waals surface area contributed by atoms with E-state index in [0.717, 1.165) is 38.4 Å². The van der Waals surface area contributed by atoms with Gasteiger partial charge in [-0.15, -0.1) is 0 Å². The van der Waals surface area contributed by atoms with E-state index in [1.807, 2.05) is 6.07 Å². The fraction of sp³-hybridized carbons (Fsp3) is 0.462. The number of hydrogen-bond donors (Lipinski definition) is 2. The van der Waals surface area contributed by atoms with Crippen molar-refractivity contribution in [2.75, 3.05) is 37.6 Å². The van der Waals surface area contributed by atoms with E-state index in [0.29, 0.717) is 0 Å². The molecular weight excluding hydrogens is 231 g/mol. The number of anilines is 1. The summed E-state index contributed by atoms with van der Waals surface area (Å²) in [4.78, 5) is 4.45. The molecule has 1 aromatic rings. The molecule has 0 unspecified atom stereocenters. The zero-order valence-corrected chi connectivity index (χ0v) is 10.6. The number of piperazine rings is 1. The van der Waals surface area contributed by atoms with E-state index in [4.69, 9.17) is 11.1 Å². The van der Waals surface area contributed by atoms with Crippen LogP contribution in [-0.4, -0.2) is 43.5 Å². The lowest BCUT2D eigenvalue weighted by Crippen LogP contribution is -2.46. The van der Waals surface area contributed by atoms with Crippen molar-refractivity contribution in [3.8, 4) is 0 Å². The molecule has 0 radical (unpaired) electrons. The third kappa shape index (κ3) is 2.46. The van der Waals surface area contributed by atoms with Gasteiger partial charge in [0.25, 0.3) is 0 Å². The molecule has 1 saturated heterocycles. The molecule has 1 heterocycles. The molecule has 2 rings (SSSR count). The van der Waals surface area contributed by atoms with Crippen LogP contribution in [0.15, 0.2) is 18.2 Å². The average Bonchev–Trinajstić information content (AvgIpc) is 2.38. The highest BCUT2D eigenvalue weighted by Gasteiger charge is 2.20. The van der Waals surface area contributed by atoms with Gasteiger partial charge in [0, 0.05) is 26.2 Å². The monoisotopic (exact) mass is 250 g/mol. The second-order valence-electron chi connectivity index (χ2n) is 4.47. The molecule has 0 spiro atoms. The summed E-state index contributed by atoms with van der Waals surface area (Å²) in [5.74, 6) is -0.626. The van der Waals surface area contributed by atoms with E-state index < -0.39 is 5.82 Å². The van der Waals surface area contributed by atoms with E-state index in [2.05, 4.69) is 16.7 Å². The number of nitrogen functional groups attached to an aromatic ring is 1. The molecule has 0 aromatic heterocycles. The first-order valence-electron chi connectivity index (χ1n) is 6.23. The van der Waals surface area contributed by atoms with Gasteiger partial charge in [0.05, 0.1) is 11.3 Å². The van der Waals surface area contributed by atoms with Crippen LogP contribution in [0, 0.1) is 11.2 Å². The topological polar surface area (TPSA) is 56.4 Å². The first-order chi connectivity index (χ1) is 8.63. The summed E-state index contributed by atoms with van der Waals surface area (Å²) in [6.45, 7) is 6.79. The van der Waals surface area contributed by atoms with E-state index >= 15 is 0 Å². The van der Waals surface area contributed by atoms with Crippen LogP contribution in [0.1, 0.15) is 12.5 Å². The molecule has 0 saturated carbocycles. The van der Waals surface area contributed by atoms with Crippen molar-refractivity contribution in [1.29, 1.82) is 5.41 Å². The Morgan fingerprint density at radius 2 is 2.00 bits per heavy atom. The van der Waals surface area contributed by atoms with Crippen LogP contribution in [-0.2, 0) is 0 Å². The number of nitrogens with one attached hydrogen (secondary N) is 1. The van der Waals surface area contributed by atoms with E-state index in [1.165, 1.54) is 6.07 Å². The van der Waals surface area contributed by atoms with Gasteiger partial charge in [-0.25, -0.2) is 4.39 Å². The van der Waals surface area contributed by atoms with Crippen molar-refractivity contribution in [3.05, 3.63) is 29.6 Å². The quantitative estimate of drug-likeness (QED) is 0.627. The molecule has 1 aliphatic rings. The third-order valence-corrected chi connectivity index (χ3v) is 3.42. The molecule has 1 aromatic carbocycles. The summed E-state index contributed by atoms with van der Waals surface area (Å²) < 4.78 is 13.7. The van der Waals surface area contributed by atoms with Crippen LogP contribution < -0.4 is 10.6 Å². The fourth-order valence-electron chi connectivity index (χ4n) is 2.35. The third-order valence-electron chi connectivity index (χ3n) is 3.42. The Morgan fingerprint density at radius 3 is 2.56 bits per heavy atom. The molecule has 18 heavy (non-hydrogen) atoms. The lowest BCUT2D eigenvalue weighted by Gasteiger charge is -2.36. The summed E-state index contributed by atoms with van der Waals surface area (Å²) in [6.07, 6.45) is 0. The van der Waals surface area contributed by atoms with Crippen LogP contribution in [0.3, 0.4) is 0 Å². The maximum Gasteiger partial charge on any atom is 0.136 e. The van der Waals surface area contributed by atoms with Crippen molar-refractivity contribution < 1.29 is 4.39 Å². The van der Waals surface area contributed by atoms with Crippen LogP contribution in [0.2, 0.25) is 0 Å². The average molecular weight is 250 g/mol. The summed E-state index contributed by atoms with van der Waals surface area (Å²) in [7, 11) is 0. The molecule has 0 amide bonds. The molecule has 1 fully saturated rings. The second-order valence-corrected chi connectivity index (χ2v) is 4.47. The molecule has 4 nitrogen and oxygen atoms in total. The standard InChI is InChI=1S/C13H19FN4/c1-2-17-6-8-18(9-7-17)11-5-3-4-10(14)12(11)13(15)16/h3-5H,2,6-9H2,1H3,(H3,15,16). The molecule has 98 valence electrons. The molecular formula is C13H19FN4. The number of likely N-dealkylation sites (N-methyl/N-ethyl adjacent to an activating group) is 1. The number of halogens is 1. The minimum Gasteiger partial charge on any atom is -0.384 e. The Labute approximate surface area is 107 Å². The normalized spacial score (nSPS) is 16.9. The Hall–Kier alpha value is -1.62. The lowest BCUT2D eigenvalue weighted by molar-refractivity contribution is 0.271. The molecule has 0 atom stereocenters. The fourth-order valence-corrected chi connectivity index (χ4v) is 2.35. The van der Waals surface area contributed by atoms with Gasteiger partial charge >= 0.3 is 0 Å². The van der Waals surface area contributed by atoms with Gasteiger partial charge in [-0.05, 0) is 18.7 Å². The number of benzene rings is 1. The van der Waals surface area contributed by atoms with Crippen molar-refractivity contribution in [2.45, 2.75) is 6.92 Å². The highest BCUT2D eigenvalue weighted by atomic mass is 19.1. The zero-order chi connectivity index (χ0) is 13.1. The maximum absolute atomic E-state index is 13.7. The van der Waals surface area contributed by atoms with E-state index in [9.17, 15) is 4.39 Å². The molecule has 0 aliphatic carbocycles. The number of rotatable bonds is 3. The van der Waals surface area contributed by atoms with E-state index in [-0.39, 0.29) is 11.4 Å². The van der Waals surface area contributed by atoms with Crippen LogP contribution in [0.25, 0.3) is 0 Å². The minimum atomic E-state index is -0.419. The number of hydrogen-bond acceptors (Lipinski definition) is 3. The highest BCUT2D eigenvalue weighted by molar-refractivity contribution is 6.00. The van der Waals surface area contributed by atoms with Crippen LogP contribution in [0.5, 0.6) is 0 Å². The summed E-state index contributed by atoms with van der Waals surface area (Å²) in [5, 5.41) is 7.51. The highest BCUT2D eigenvalue weighted by Crippen LogP contribution is 2.24. The van der Waals surface area contributed by atoms with Crippen molar-refractivity contribution >= 4 is 11.5 Å². The van der Waals surface area contributed by atoms with Crippen molar-refractivity contribution in [2.24, 2.45) is 5.73 Å². The first-order valence-corrected chi connectivity index (χ1v) is 6.23. The first kappa shape index (κ1) is 12.8. The molecule has 3 N–H and O–H groups in total. The van der Waals surface area contributed by atoms with Gasteiger partial charge in [-0.1, -0.05) is 13.0 Å². The Bertz CT molecular complexity index is 439. The lowest BCUT2D eigenvalue weighted by atomic mass is 10.1. The zero-order valence-electron chi connectivity index (χ0n) is 10.6. The van der Waals surface area contributed by atoms with Gasteiger partial charge < -0.3 is 15.5 Å². The Kier molecular flexibility index (Phi) is 3.81. The SMILES string of the molecule is CCN1CCN(c2cccc(F)c2C(=N)N)CC1. The number of amidine groups is 1. The second kappa shape index (κ2) is 5.35. The summed E-state index contributed by atoms with van der Waals surface area (Å²) >= 11 is 0. The Morgan fingerprint density at radius 1 is 1.33 bits per heavy atom. The maximum atomic E-state index is 13.7. The smallest absolute Gasteiger partial charge is 0.136 e. The van der Waals surface area contributed by atoms with Gasteiger partial charge in [0.2, 0.25) is 0 Å². The summed E-state index contributed by atoms with van der Waals surface area (Å²) in [6, 6.07) is 4.85. The number of nitrogens with two attached hydrogens (primary N) is 1. The predicted molar refractivity (Wildman–Crippen MR) is 71.7 cm³/mol. The molecule has 5 heteroatoms. The van der Waals surface area contributed by atoms with Gasteiger partial charge in [-0.3, -0.25) is 5.41 Å². The van der Waals surface area contributed by atoms with Crippen LogP contribution >= 0.6 is 0 Å². The van der Waals surface area contributed by atoms with Crippen molar-refractivity contribution in [1.82, 2.24) is 4.90 Å². The minimum absolute atomic E-state index is 0.207. The summed E-state index contributed by atoms with van der Waals surface area (Å²) in [5.41, 5.74) is 6.44. The van der Waals surface area contributed by atoms with Crippen molar-refractivity contribution in [3.63, 3.8) is 0 Å². The largest absolute Gasteiger partial charge is 0.384 e. The number of nitrogens with zero attached hydrogens (tertiary/aromatic N) is 2. The predicted octanol–water partition coefficient (Wildman–Crippen LogP) is 1.25. The van der Waals surface area contributed by atoms with Crippen LogP contribution in [0.4, 0.5) is 10.1 Å². The van der Waals surface area contributed by atoms with Gasteiger partial charge in [0.15, 0.2) is 0 Å². The molecule has 1 aliphatic heterocycles. The van der Waals surface area contributed by atoms with Gasteiger partial charge in [0.1, 0.15) is 11.7 Å². The van der Waals surface area contributed by atoms with E-state index in [1.54, 1.807) is 6.07 Å². The van der Waals surface area contributed by atoms with Gasteiger partial charge in [-0.2, -0.15) is 0 Å². The molecule has 0 bridgehead atoms.